The third-order valence-corrected chi connectivity index (χ3v) is 3.96. The highest BCUT2D eigenvalue weighted by Gasteiger charge is 2.33. The van der Waals surface area contributed by atoms with Crippen molar-refractivity contribution in [3.8, 4) is 0 Å². The normalized spacial score (nSPS) is 19.2. The lowest BCUT2D eigenvalue weighted by Gasteiger charge is -2.31. The molecule has 1 aliphatic rings. The van der Waals surface area contributed by atoms with Gasteiger partial charge in [0.1, 0.15) is 5.76 Å². The van der Waals surface area contributed by atoms with Crippen molar-refractivity contribution in [2.24, 2.45) is 5.41 Å². The molecule has 0 spiro atoms. The molecule has 0 aromatic heterocycles. The topological polar surface area (TPSA) is 49.3 Å². The number of ketones is 1. The zero-order chi connectivity index (χ0) is 13.9. The summed E-state index contributed by atoms with van der Waals surface area (Å²) in [7, 11) is 0. The van der Waals surface area contributed by atoms with Gasteiger partial charge in [-0.2, -0.15) is 0 Å². The summed E-state index contributed by atoms with van der Waals surface area (Å²) >= 11 is 5.79. The first-order chi connectivity index (χ1) is 9.01. The predicted molar refractivity (Wildman–Crippen MR) is 77.3 cm³/mol. The molecule has 1 aromatic rings. The molecule has 0 amide bonds. The number of aliphatic hydroxyl groups excluding tert-OH is 1. The Morgan fingerprint density at radius 2 is 1.89 bits per heavy atom. The fourth-order valence-electron chi connectivity index (χ4n) is 2.23. The molecule has 0 aliphatic carbocycles. The summed E-state index contributed by atoms with van der Waals surface area (Å²) in [6, 6.07) is 6.79. The minimum atomic E-state index is -0.369. The Kier molecular flexibility index (Phi) is 4.27. The van der Waals surface area contributed by atoms with Crippen molar-refractivity contribution >= 4 is 23.1 Å². The lowest BCUT2D eigenvalue weighted by Crippen LogP contribution is -2.39. The maximum Gasteiger partial charge on any atom is 0.165 e. The van der Waals surface area contributed by atoms with Crippen LogP contribution in [0, 0.1) is 5.41 Å². The summed E-state index contributed by atoms with van der Waals surface area (Å²) in [6.45, 7) is 3.65. The maximum atomic E-state index is 12.3. The minimum absolute atomic E-state index is 0.00132. The van der Waals surface area contributed by atoms with Crippen LogP contribution in [0.4, 0.5) is 0 Å². The quantitative estimate of drug-likeness (QED) is 0.660. The van der Waals surface area contributed by atoms with Crippen molar-refractivity contribution in [1.82, 2.24) is 5.32 Å². The number of rotatable bonds is 3. The number of carbonyl (C=O) groups excluding carboxylic acids is 1. The van der Waals surface area contributed by atoms with Crippen molar-refractivity contribution < 1.29 is 9.90 Å². The van der Waals surface area contributed by atoms with E-state index in [-0.39, 0.29) is 17.0 Å². The van der Waals surface area contributed by atoms with Crippen LogP contribution in [-0.2, 0) is 4.79 Å². The van der Waals surface area contributed by atoms with Gasteiger partial charge >= 0.3 is 0 Å². The Labute approximate surface area is 118 Å². The highest BCUT2D eigenvalue weighted by molar-refractivity contribution is 6.30. The van der Waals surface area contributed by atoms with Crippen molar-refractivity contribution in [1.29, 1.82) is 0 Å². The van der Waals surface area contributed by atoms with E-state index in [1.54, 1.807) is 24.3 Å². The van der Waals surface area contributed by atoms with Gasteiger partial charge in [0.2, 0.25) is 0 Å². The minimum Gasteiger partial charge on any atom is -0.507 e. The summed E-state index contributed by atoms with van der Waals surface area (Å²) in [5.74, 6) is -0.0112. The van der Waals surface area contributed by atoms with Gasteiger partial charge in [-0.3, -0.25) is 4.79 Å². The predicted octanol–water partition coefficient (Wildman–Crippen LogP) is 3.20. The molecule has 0 bridgehead atoms. The van der Waals surface area contributed by atoms with E-state index in [4.69, 9.17) is 11.6 Å². The van der Waals surface area contributed by atoms with Crippen molar-refractivity contribution in [3.05, 3.63) is 40.9 Å². The average Bonchev–Trinajstić information content (AvgIpc) is 2.40. The van der Waals surface area contributed by atoms with Crippen LogP contribution >= 0.6 is 11.6 Å². The van der Waals surface area contributed by atoms with E-state index >= 15 is 0 Å². The number of allylic oxidation sites excluding steroid dienone is 1. The van der Waals surface area contributed by atoms with E-state index in [1.807, 2.05) is 6.92 Å². The Bertz CT molecular complexity index is 487. The Morgan fingerprint density at radius 1 is 1.32 bits per heavy atom. The van der Waals surface area contributed by atoms with E-state index < -0.39 is 0 Å². The molecule has 0 radical (unpaired) electrons. The number of hydrogen-bond acceptors (Lipinski definition) is 3. The monoisotopic (exact) mass is 279 g/mol. The zero-order valence-electron chi connectivity index (χ0n) is 10.9. The van der Waals surface area contributed by atoms with Crippen LogP contribution in [0.1, 0.15) is 25.3 Å². The van der Waals surface area contributed by atoms with Gasteiger partial charge in [-0.15, -0.1) is 0 Å². The fraction of sp³-hybridized carbons (Fsp3) is 0.400. The summed E-state index contributed by atoms with van der Waals surface area (Å²) < 4.78 is 0. The van der Waals surface area contributed by atoms with Crippen LogP contribution in [0.5, 0.6) is 0 Å². The lowest BCUT2D eigenvalue weighted by molar-refractivity contribution is -0.124. The Balaban J connectivity index is 2.15. The molecule has 1 aromatic carbocycles. The summed E-state index contributed by atoms with van der Waals surface area (Å²) in [4.78, 5) is 12.3. The second kappa shape index (κ2) is 5.76. The second-order valence-corrected chi connectivity index (χ2v) is 5.65. The lowest BCUT2D eigenvalue weighted by atomic mass is 9.77. The van der Waals surface area contributed by atoms with Crippen LogP contribution in [-0.4, -0.2) is 24.0 Å². The molecule has 1 fully saturated rings. The van der Waals surface area contributed by atoms with Gasteiger partial charge in [0.25, 0.3) is 0 Å². The van der Waals surface area contributed by atoms with Gasteiger partial charge in [-0.05, 0) is 50.2 Å². The molecule has 2 N–H and O–H groups in total. The maximum absolute atomic E-state index is 12.3. The third-order valence-electron chi connectivity index (χ3n) is 3.71. The third kappa shape index (κ3) is 3.37. The Hall–Kier alpha value is -1.32. The van der Waals surface area contributed by atoms with Gasteiger partial charge in [0.05, 0.1) is 0 Å². The van der Waals surface area contributed by atoms with E-state index in [1.165, 1.54) is 6.08 Å². The van der Waals surface area contributed by atoms with Crippen LogP contribution in [0.3, 0.4) is 0 Å². The van der Waals surface area contributed by atoms with Gasteiger partial charge in [-0.1, -0.05) is 18.5 Å². The number of benzene rings is 1. The van der Waals surface area contributed by atoms with Gasteiger partial charge in [-0.25, -0.2) is 0 Å². The molecule has 0 atom stereocenters. The molecule has 0 unspecified atom stereocenters. The van der Waals surface area contributed by atoms with Gasteiger partial charge in [0, 0.05) is 22.1 Å². The second-order valence-electron chi connectivity index (χ2n) is 5.21. The van der Waals surface area contributed by atoms with Crippen molar-refractivity contribution in [3.63, 3.8) is 0 Å². The van der Waals surface area contributed by atoms with Crippen LogP contribution in [0.2, 0.25) is 5.02 Å². The van der Waals surface area contributed by atoms with Crippen LogP contribution in [0.15, 0.2) is 30.3 Å². The SMILES string of the molecule is CC1(C(=O)/C=C(\O)c2ccc(Cl)cc2)CCNCC1. The molecular formula is C15H18ClNO2. The smallest absolute Gasteiger partial charge is 0.165 e. The fourth-order valence-corrected chi connectivity index (χ4v) is 2.35. The molecule has 2 rings (SSSR count). The molecule has 1 aliphatic heterocycles. The highest BCUT2D eigenvalue weighted by atomic mass is 35.5. The summed E-state index contributed by atoms with van der Waals surface area (Å²) in [5, 5.41) is 13.8. The van der Waals surface area contributed by atoms with Crippen molar-refractivity contribution in [2.45, 2.75) is 19.8 Å². The number of halogens is 1. The van der Waals surface area contributed by atoms with E-state index in [0.717, 1.165) is 25.9 Å². The number of piperidine rings is 1. The van der Waals surface area contributed by atoms with Gasteiger partial charge in [0.15, 0.2) is 5.78 Å². The standard InChI is InChI=1S/C15H18ClNO2/c1-15(6-8-17-9-7-15)14(19)10-13(18)11-2-4-12(16)5-3-11/h2-5,10,17-18H,6-9H2,1H3/b13-10-. The first kappa shape index (κ1) is 14.1. The Morgan fingerprint density at radius 3 is 2.47 bits per heavy atom. The average molecular weight is 280 g/mol. The summed E-state index contributed by atoms with van der Waals surface area (Å²) in [5.41, 5.74) is 0.237. The highest BCUT2D eigenvalue weighted by Crippen LogP contribution is 2.30. The van der Waals surface area contributed by atoms with Gasteiger partial charge < -0.3 is 10.4 Å². The molecule has 102 valence electrons. The molecular weight excluding hydrogens is 262 g/mol. The first-order valence-corrected chi connectivity index (χ1v) is 6.81. The molecule has 1 heterocycles. The number of carbonyl (C=O) groups is 1. The summed E-state index contributed by atoms with van der Waals surface area (Å²) in [6.07, 6.45) is 2.95. The molecule has 3 nitrogen and oxygen atoms in total. The molecule has 1 saturated heterocycles. The van der Waals surface area contributed by atoms with E-state index in [0.29, 0.717) is 10.6 Å². The number of nitrogens with one attached hydrogen (secondary N) is 1. The van der Waals surface area contributed by atoms with E-state index in [2.05, 4.69) is 5.32 Å². The van der Waals surface area contributed by atoms with Crippen LogP contribution in [0.25, 0.3) is 5.76 Å². The number of aliphatic hydroxyl groups is 1. The number of hydrogen-bond donors (Lipinski definition) is 2. The largest absolute Gasteiger partial charge is 0.507 e. The zero-order valence-corrected chi connectivity index (χ0v) is 11.7. The molecule has 19 heavy (non-hydrogen) atoms. The molecule has 0 saturated carbocycles. The molecule has 4 heteroatoms. The van der Waals surface area contributed by atoms with Crippen LogP contribution < -0.4 is 5.32 Å². The first-order valence-electron chi connectivity index (χ1n) is 6.43. The van der Waals surface area contributed by atoms with Crippen molar-refractivity contribution in [2.75, 3.05) is 13.1 Å². The van der Waals surface area contributed by atoms with E-state index in [9.17, 15) is 9.90 Å².